The fourth-order valence-electron chi connectivity index (χ4n) is 3.18. The lowest BCUT2D eigenvalue weighted by Crippen LogP contribution is -2.40. The molecule has 2 rings (SSSR count). The third-order valence-electron chi connectivity index (χ3n) is 4.35. The highest BCUT2D eigenvalue weighted by molar-refractivity contribution is 5.79. The standard InChI is InChI=1S/C14H23NO/c1-3-12-9-14(16)15(10-12)11(2)13-7-5-4-6-8-13/h3,11-13H,1,4-10H2,2H3. The highest BCUT2D eigenvalue weighted by Crippen LogP contribution is 2.32. The van der Waals surface area contributed by atoms with E-state index in [4.69, 9.17) is 0 Å². The van der Waals surface area contributed by atoms with Crippen LogP contribution in [-0.4, -0.2) is 23.4 Å². The van der Waals surface area contributed by atoms with E-state index in [-0.39, 0.29) is 0 Å². The Labute approximate surface area is 98.7 Å². The molecule has 2 aliphatic rings. The van der Waals surface area contributed by atoms with E-state index in [1.54, 1.807) is 0 Å². The number of nitrogens with zero attached hydrogens (tertiary/aromatic N) is 1. The Morgan fingerprint density at radius 1 is 1.38 bits per heavy atom. The van der Waals surface area contributed by atoms with Crippen molar-refractivity contribution in [1.82, 2.24) is 4.90 Å². The van der Waals surface area contributed by atoms with Crippen LogP contribution in [0.4, 0.5) is 0 Å². The predicted octanol–water partition coefficient (Wildman–Crippen LogP) is 2.99. The summed E-state index contributed by atoms with van der Waals surface area (Å²) in [6.07, 6.45) is 9.32. The largest absolute Gasteiger partial charge is 0.339 e. The molecule has 0 N–H and O–H groups in total. The zero-order valence-electron chi connectivity index (χ0n) is 10.3. The molecule has 90 valence electrons. The van der Waals surface area contributed by atoms with Crippen molar-refractivity contribution in [1.29, 1.82) is 0 Å². The summed E-state index contributed by atoms with van der Waals surface area (Å²) in [5.41, 5.74) is 0. The van der Waals surface area contributed by atoms with Crippen LogP contribution in [0.15, 0.2) is 12.7 Å². The first-order valence-corrected chi connectivity index (χ1v) is 6.64. The lowest BCUT2D eigenvalue weighted by Gasteiger charge is -2.34. The first kappa shape index (κ1) is 11.7. The predicted molar refractivity (Wildman–Crippen MR) is 66.1 cm³/mol. The summed E-state index contributed by atoms with van der Waals surface area (Å²) < 4.78 is 0. The smallest absolute Gasteiger partial charge is 0.223 e. The van der Waals surface area contributed by atoms with Crippen LogP contribution in [0.3, 0.4) is 0 Å². The minimum Gasteiger partial charge on any atom is -0.339 e. The molecule has 0 bridgehead atoms. The van der Waals surface area contributed by atoms with E-state index in [0.29, 0.717) is 24.3 Å². The number of likely N-dealkylation sites (tertiary alicyclic amines) is 1. The van der Waals surface area contributed by atoms with Gasteiger partial charge in [-0.1, -0.05) is 25.3 Å². The molecule has 0 aromatic heterocycles. The zero-order chi connectivity index (χ0) is 11.5. The van der Waals surface area contributed by atoms with Gasteiger partial charge in [0, 0.05) is 24.9 Å². The molecule has 1 aliphatic heterocycles. The molecule has 2 fully saturated rings. The van der Waals surface area contributed by atoms with Crippen LogP contribution in [0.25, 0.3) is 0 Å². The van der Waals surface area contributed by atoms with E-state index in [2.05, 4.69) is 18.4 Å². The molecule has 1 amide bonds. The first-order valence-electron chi connectivity index (χ1n) is 6.64. The van der Waals surface area contributed by atoms with Gasteiger partial charge >= 0.3 is 0 Å². The van der Waals surface area contributed by atoms with Gasteiger partial charge in [-0.05, 0) is 25.7 Å². The van der Waals surface area contributed by atoms with E-state index in [1.165, 1.54) is 32.1 Å². The maximum absolute atomic E-state index is 11.9. The fourth-order valence-corrected chi connectivity index (χ4v) is 3.18. The van der Waals surface area contributed by atoms with Crippen LogP contribution < -0.4 is 0 Å². The molecule has 1 aliphatic carbocycles. The molecule has 0 aromatic rings. The van der Waals surface area contributed by atoms with E-state index >= 15 is 0 Å². The molecule has 0 spiro atoms. The topological polar surface area (TPSA) is 20.3 Å². The Bertz CT molecular complexity index is 268. The van der Waals surface area contributed by atoms with Gasteiger partial charge in [0.15, 0.2) is 0 Å². The summed E-state index contributed by atoms with van der Waals surface area (Å²) in [5, 5.41) is 0. The Balaban J connectivity index is 1.95. The van der Waals surface area contributed by atoms with Gasteiger partial charge in [-0.2, -0.15) is 0 Å². The third kappa shape index (κ3) is 2.31. The molecule has 1 saturated carbocycles. The quantitative estimate of drug-likeness (QED) is 0.671. The van der Waals surface area contributed by atoms with Crippen molar-refractivity contribution < 1.29 is 4.79 Å². The summed E-state index contributed by atoms with van der Waals surface area (Å²) in [5.74, 6) is 1.46. The van der Waals surface area contributed by atoms with Crippen molar-refractivity contribution in [3.05, 3.63) is 12.7 Å². The second-order valence-electron chi connectivity index (χ2n) is 5.38. The van der Waals surface area contributed by atoms with Crippen molar-refractivity contribution >= 4 is 5.91 Å². The third-order valence-corrected chi connectivity index (χ3v) is 4.35. The average Bonchev–Trinajstić information content (AvgIpc) is 2.71. The van der Waals surface area contributed by atoms with Gasteiger partial charge in [0.1, 0.15) is 0 Å². The monoisotopic (exact) mass is 221 g/mol. The van der Waals surface area contributed by atoms with Crippen molar-refractivity contribution in [3.8, 4) is 0 Å². The second-order valence-corrected chi connectivity index (χ2v) is 5.38. The molecule has 0 aromatic carbocycles. The van der Waals surface area contributed by atoms with Gasteiger partial charge in [-0.15, -0.1) is 6.58 Å². The maximum Gasteiger partial charge on any atom is 0.223 e. The summed E-state index contributed by atoms with van der Waals surface area (Å²) in [6.45, 7) is 6.94. The van der Waals surface area contributed by atoms with Crippen LogP contribution in [-0.2, 0) is 4.79 Å². The van der Waals surface area contributed by atoms with Gasteiger partial charge in [0.2, 0.25) is 5.91 Å². The van der Waals surface area contributed by atoms with E-state index < -0.39 is 0 Å². The lowest BCUT2D eigenvalue weighted by atomic mass is 9.84. The normalized spacial score (nSPS) is 29.4. The summed E-state index contributed by atoms with van der Waals surface area (Å²) in [4.78, 5) is 14.0. The summed E-state index contributed by atoms with van der Waals surface area (Å²) in [7, 11) is 0. The van der Waals surface area contributed by atoms with E-state index in [9.17, 15) is 4.79 Å². The minimum absolute atomic E-state index is 0.336. The minimum atomic E-state index is 0.336. The van der Waals surface area contributed by atoms with Gasteiger partial charge in [-0.25, -0.2) is 0 Å². The van der Waals surface area contributed by atoms with Crippen LogP contribution in [0.5, 0.6) is 0 Å². The van der Waals surface area contributed by atoms with Crippen LogP contribution in [0.1, 0.15) is 45.4 Å². The number of carbonyl (C=O) groups excluding carboxylic acids is 1. The SMILES string of the molecule is C=CC1CC(=O)N(C(C)C2CCCCC2)C1. The lowest BCUT2D eigenvalue weighted by molar-refractivity contribution is -0.130. The fraction of sp³-hybridized carbons (Fsp3) is 0.786. The summed E-state index contributed by atoms with van der Waals surface area (Å²) >= 11 is 0. The number of hydrogen-bond donors (Lipinski definition) is 0. The van der Waals surface area contributed by atoms with Crippen LogP contribution >= 0.6 is 0 Å². The molecule has 2 nitrogen and oxygen atoms in total. The van der Waals surface area contributed by atoms with Crippen molar-refractivity contribution in [2.75, 3.05) is 6.54 Å². The molecule has 2 unspecified atom stereocenters. The zero-order valence-corrected chi connectivity index (χ0v) is 10.3. The van der Waals surface area contributed by atoms with Crippen molar-refractivity contribution in [2.45, 2.75) is 51.5 Å². The first-order chi connectivity index (χ1) is 7.72. The second kappa shape index (κ2) is 5.03. The van der Waals surface area contributed by atoms with Gasteiger partial charge in [-0.3, -0.25) is 4.79 Å². The molecule has 1 heterocycles. The Hall–Kier alpha value is -0.790. The number of rotatable bonds is 3. The highest BCUT2D eigenvalue weighted by atomic mass is 16.2. The van der Waals surface area contributed by atoms with Crippen LogP contribution in [0.2, 0.25) is 0 Å². The molecule has 2 heteroatoms. The number of hydrogen-bond acceptors (Lipinski definition) is 1. The molecule has 16 heavy (non-hydrogen) atoms. The van der Waals surface area contributed by atoms with E-state index in [0.717, 1.165) is 12.5 Å². The van der Waals surface area contributed by atoms with Crippen molar-refractivity contribution in [2.24, 2.45) is 11.8 Å². The van der Waals surface area contributed by atoms with Gasteiger partial charge in [0.05, 0.1) is 0 Å². The van der Waals surface area contributed by atoms with Gasteiger partial charge < -0.3 is 4.90 Å². The Morgan fingerprint density at radius 3 is 2.62 bits per heavy atom. The molecular weight excluding hydrogens is 198 g/mol. The Morgan fingerprint density at radius 2 is 2.06 bits per heavy atom. The van der Waals surface area contributed by atoms with Crippen LogP contribution in [0, 0.1) is 11.8 Å². The summed E-state index contributed by atoms with van der Waals surface area (Å²) in [6, 6.07) is 0.442. The molecule has 0 radical (unpaired) electrons. The van der Waals surface area contributed by atoms with E-state index in [1.807, 2.05) is 6.08 Å². The molecule has 2 atom stereocenters. The maximum atomic E-state index is 11.9. The Kier molecular flexibility index (Phi) is 3.67. The molecule has 1 saturated heterocycles. The number of amides is 1. The molecular formula is C14H23NO. The average molecular weight is 221 g/mol. The van der Waals surface area contributed by atoms with Crippen molar-refractivity contribution in [3.63, 3.8) is 0 Å². The number of carbonyl (C=O) groups is 1. The highest BCUT2D eigenvalue weighted by Gasteiger charge is 2.34. The van der Waals surface area contributed by atoms with Gasteiger partial charge in [0.25, 0.3) is 0 Å².